The maximum Gasteiger partial charge on any atom is 0.405 e. The average molecular weight is 369 g/mol. The van der Waals surface area contributed by atoms with Gasteiger partial charge in [-0.3, -0.25) is 14.3 Å². The number of hydrogen-bond donors (Lipinski definition) is 3. The number of amides is 2. The Morgan fingerprint density at radius 3 is 2.38 bits per heavy atom. The van der Waals surface area contributed by atoms with E-state index in [-0.39, 0.29) is 11.5 Å². The minimum Gasteiger partial charge on any atom is -0.343 e. The van der Waals surface area contributed by atoms with Crippen LogP contribution in [0, 0.1) is 0 Å². The second-order valence-electron chi connectivity index (χ2n) is 5.53. The fourth-order valence-electron chi connectivity index (χ4n) is 2.24. The molecule has 0 fully saturated rings. The van der Waals surface area contributed by atoms with Crippen molar-refractivity contribution in [2.75, 3.05) is 18.9 Å². The van der Waals surface area contributed by atoms with E-state index in [4.69, 9.17) is 0 Å². The minimum absolute atomic E-state index is 0.0599. The molecular formula is C16H18F3N5O2. The van der Waals surface area contributed by atoms with E-state index in [0.29, 0.717) is 11.3 Å². The lowest BCUT2D eigenvalue weighted by atomic mass is 10.1. The average Bonchev–Trinajstić information content (AvgIpc) is 2.99. The van der Waals surface area contributed by atoms with Gasteiger partial charge in [-0.1, -0.05) is 0 Å². The van der Waals surface area contributed by atoms with Gasteiger partial charge in [0.1, 0.15) is 12.6 Å². The highest BCUT2D eigenvalue weighted by Gasteiger charge is 2.28. The van der Waals surface area contributed by atoms with Gasteiger partial charge < -0.3 is 16.0 Å². The molecule has 1 heterocycles. The number of halogens is 3. The highest BCUT2D eigenvalue weighted by molar-refractivity contribution is 5.97. The van der Waals surface area contributed by atoms with Crippen LogP contribution in [0.1, 0.15) is 22.0 Å². The Bertz CT molecular complexity index is 771. The number of rotatable bonds is 6. The fourth-order valence-corrected chi connectivity index (χ4v) is 2.24. The molecule has 140 valence electrons. The van der Waals surface area contributed by atoms with E-state index in [9.17, 15) is 22.8 Å². The lowest BCUT2D eigenvalue weighted by molar-refractivity contribution is -0.123. The zero-order valence-corrected chi connectivity index (χ0v) is 14.1. The molecule has 2 aromatic rings. The molecule has 0 saturated heterocycles. The number of nitrogens with zero attached hydrogens (tertiary/aromatic N) is 2. The fraction of sp³-hybridized carbons (Fsp3) is 0.312. The quantitative estimate of drug-likeness (QED) is 0.722. The number of aromatic nitrogens is 2. The van der Waals surface area contributed by atoms with E-state index in [1.165, 1.54) is 24.3 Å². The Morgan fingerprint density at radius 2 is 1.88 bits per heavy atom. The molecule has 1 atom stereocenters. The molecule has 1 aromatic heterocycles. The number of aryl methyl sites for hydroxylation is 1. The summed E-state index contributed by atoms with van der Waals surface area (Å²) in [5.41, 5.74) is 1.15. The van der Waals surface area contributed by atoms with Crippen LogP contribution in [-0.2, 0) is 11.8 Å². The summed E-state index contributed by atoms with van der Waals surface area (Å²) in [6.07, 6.45) is -1.21. The first-order valence-electron chi connectivity index (χ1n) is 7.61. The molecule has 0 aliphatic rings. The number of benzene rings is 1. The van der Waals surface area contributed by atoms with E-state index < -0.39 is 24.7 Å². The first kappa shape index (κ1) is 19.4. The molecule has 7 nitrogen and oxygen atoms in total. The van der Waals surface area contributed by atoms with Crippen LogP contribution in [0.4, 0.5) is 18.9 Å². The molecule has 2 rings (SSSR count). The second kappa shape index (κ2) is 8.00. The van der Waals surface area contributed by atoms with Crippen LogP contribution in [0.15, 0.2) is 36.7 Å². The van der Waals surface area contributed by atoms with Gasteiger partial charge in [-0.2, -0.15) is 18.3 Å². The van der Waals surface area contributed by atoms with Crippen LogP contribution in [-0.4, -0.2) is 41.4 Å². The monoisotopic (exact) mass is 369 g/mol. The SMILES string of the molecule is CNC(C(=O)Nc1ccc(C(=O)NCC(F)(F)F)cc1)c1cnn(C)c1. The third-order valence-corrected chi connectivity index (χ3v) is 3.47. The zero-order chi connectivity index (χ0) is 19.3. The molecule has 0 aliphatic carbocycles. The van der Waals surface area contributed by atoms with Gasteiger partial charge in [0.2, 0.25) is 5.91 Å². The van der Waals surface area contributed by atoms with Gasteiger partial charge in [-0.05, 0) is 31.3 Å². The van der Waals surface area contributed by atoms with Crippen molar-refractivity contribution in [3.8, 4) is 0 Å². The summed E-state index contributed by atoms with van der Waals surface area (Å²) < 4.78 is 37.9. The van der Waals surface area contributed by atoms with Crippen LogP contribution in [0.25, 0.3) is 0 Å². The maximum absolute atomic E-state index is 12.4. The number of likely N-dealkylation sites (N-methyl/N-ethyl adjacent to an activating group) is 1. The third-order valence-electron chi connectivity index (χ3n) is 3.47. The van der Waals surface area contributed by atoms with Crippen molar-refractivity contribution in [1.82, 2.24) is 20.4 Å². The van der Waals surface area contributed by atoms with E-state index in [2.05, 4.69) is 15.7 Å². The number of hydrogen-bond acceptors (Lipinski definition) is 4. The first-order valence-corrected chi connectivity index (χ1v) is 7.61. The van der Waals surface area contributed by atoms with Crippen molar-refractivity contribution >= 4 is 17.5 Å². The van der Waals surface area contributed by atoms with Crippen LogP contribution in [0.5, 0.6) is 0 Å². The summed E-state index contributed by atoms with van der Waals surface area (Å²) in [4.78, 5) is 24.0. The van der Waals surface area contributed by atoms with Gasteiger partial charge in [0.25, 0.3) is 5.91 Å². The molecule has 0 bridgehead atoms. The van der Waals surface area contributed by atoms with Crippen molar-refractivity contribution in [3.63, 3.8) is 0 Å². The summed E-state index contributed by atoms with van der Waals surface area (Å²) in [5.74, 6) is -1.18. The molecule has 0 aliphatic heterocycles. The number of alkyl halides is 3. The normalized spacial score (nSPS) is 12.5. The van der Waals surface area contributed by atoms with Crippen LogP contribution >= 0.6 is 0 Å². The van der Waals surface area contributed by atoms with Crippen molar-refractivity contribution < 1.29 is 22.8 Å². The molecule has 0 saturated carbocycles. The van der Waals surface area contributed by atoms with Crippen LogP contribution in [0.3, 0.4) is 0 Å². The summed E-state index contributed by atoms with van der Waals surface area (Å²) in [7, 11) is 3.36. The lowest BCUT2D eigenvalue weighted by Crippen LogP contribution is -2.33. The van der Waals surface area contributed by atoms with Gasteiger partial charge in [0.05, 0.1) is 6.20 Å². The van der Waals surface area contributed by atoms with Gasteiger partial charge >= 0.3 is 6.18 Å². The Kier molecular flexibility index (Phi) is 5.98. The smallest absolute Gasteiger partial charge is 0.343 e. The molecule has 0 spiro atoms. The van der Waals surface area contributed by atoms with E-state index >= 15 is 0 Å². The summed E-state index contributed by atoms with van der Waals surface area (Å²) >= 11 is 0. The molecule has 26 heavy (non-hydrogen) atoms. The van der Waals surface area contributed by atoms with Crippen LogP contribution in [0.2, 0.25) is 0 Å². The second-order valence-corrected chi connectivity index (χ2v) is 5.53. The van der Waals surface area contributed by atoms with E-state index in [1.807, 2.05) is 0 Å². The molecule has 3 N–H and O–H groups in total. The number of anilines is 1. The number of carbonyl (C=O) groups excluding carboxylic acids is 2. The molecule has 0 radical (unpaired) electrons. The maximum atomic E-state index is 12.4. The lowest BCUT2D eigenvalue weighted by Gasteiger charge is -2.15. The van der Waals surface area contributed by atoms with Crippen molar-refractivity contribution in [3.05, 3.63) is 47.8 Å². The summed E-state index contributed by atoms with van der Waals surface area (Å²) in [6, 6.07) is 4.92. The highest BCUT2D eigenvalue weighted by atomic mass is 19.4. The Labute approximate surface area is 147 Å². The molecule has 1 unspecified atom stereocenters. The Hall–Kier alpha value is -2.88. The summed E-state index contributed by atoms with van der Waals surface area (Å²) in [6.45, 7) is -1.40. The van der Waals surface area contributed by atoms with Gasteiger partial charge in [0, 0.05) is 30.1 Å². The topological polar surface area (TPSA) is 88.1 Å². The van der Waals surface area contributed by atoms with Crippen LogP contribution < -0.4 is 16.0 Å². The largest absolute Gasteiger partial charge is 0.405 e. The van der Waals surface area contributed by atoms with E-state index in [0.717, 1.165) is 0 Å². The molecular weight excluding hydrogens is 351 g/mol. The predicted molar refractivity (Wildman–Crippen MR) is 88.5 cm³/mol. The zero-order valence-electron chi connectivity index (χ0n) is 14.1. The molecule has 1 aromatic carbocycles. The van der Waals surface area contributed by atoms with Crippen molar-refractivity contribution in [2.45, 2.75) is 12.2 Å². The molecule has 10 heteroatoms. The highest BCUT2D eigenvalue weighted by Crippen LogP contribution is 2.16. The standard InChI is InChI=1S/C16H18F3N5O2/c1-20-13(11-7-22-24(2)8-11)15(26)23-12-5-3-10(4-6-12)14(25)21-9-16(17,18)19/h3-8,13,20H,9H2,1-2H3,(H,21,25)(H,23,26). The Morgan fingerprint density at radius 1 is 1.23 bits per heavy atom. The summed E-state index contributed by atoms with van der Waals surface area (Å²) in [5, 5.41) is 11.3. The number of carbonyl (C=O) groups is 2. The minimum atomic E-state index is -4.47. The van der Waals surface area contributed by atoms with E-state index in [1.54, 1.807) is 36.5 Å². The Balaban J connectivity index is 1.99. The van der Waals surface area contributed by atoms with Gasteiger partial charge in [0.15, 0.2) is 0 Å². The molecule has 2 amide bonds. The third kappa shape index (κ3) is 5.31. The van der Waals surface area contributed by atoms with Gasteiger partial charge in [-0.15, -0.1) is 0 Å². The van der Waals surface area contributed by atoms with Crippen molar-refractivity contribution in [1.29, 1.82) is 0 Å². The first-order chi connectivity index (χ1) is 12.2. The number of nitrogens with one attached hydrogen (secondary N) is 3. The predicted octanol–water partition coefficient (Wildman–Crippen LogP) is 1.61. The van der Waals surface area contributed by atoms with Gasteiger partial charge in [-0.25, -0.2) is 0 Å². The van der Waals surface area contributed by atoms with Crippen molar-refractivity contribution in [2.24, 2.45) is 7.05 Å².